The molecule has 0 atom stereocenters. The van der Waals surface area contributed by atoms with Crippen LogP contribution in [-0.4, -0.2) is 10.5 Å². The molecule has 3 aromatic rings. The number of nitrogens with one attached hydrogen (secondary N) is 1. The number of aryl methyl sites for hydroxylation is 1. The summed E-state index contributed by atoms with van der Waals surface area (Å²) in [7, 11) is 0. The summed E-state index contributed by atoms with van der Waals surface area (Å²) < 4.78 is 2.99. The lowest BCUT2D eigenvalue weighted by molar-refractivity contribution is -0.112. The second-order valence-corrected chi connectivity index (χ2v) is 9.51. The zero-order valence-electron chi connectivity index (χ0n) is 18.5. The molecule has 0 fully saturated rings. The number of amides is 1. The van der Waals surface area contributed by atoms with E-state index >= 15 is 0 Å². The summed E-state index contributed by atoms with van der Waals surface area (Å²) in [4.78, 5) is 12.6. The third kappa shape index (κ3) is 5.15. The quantitative estimate of drug-likeness (QED) is 0.337. The van der Waals surface area contributed by atoms with Crippen LogP contribution >= 0.6 is 15.9 Å². The highest BCUT2D eigenvalue weighted by atomic mass is 79.9. The Morgan fingerprint density at radius 2 is 1.77 bits per heavy atom. The van der Waals surface area contributed by atoms with Crippen LogP contribution in [0.15, 0.2) is 64.6 Å². The number of nitriles is 1. The summed E-state index contributed by atoms with van der Waals surface area (Å²) in [5.74, 6) is -0.431. The summed E-state index contributed by atoms with van der Waals surface area (Å²) in [6, 6.07) is 19.8. The Hall–Kier alpha value is -3.10. The first kappa shape index (κ1) is 22.6. The van der Waals surface area contributed by atoms with Crippen molar-refractivity contribution in [2.24, 2.45) is 0 Å². The van der Waals surface area contributed by atoms with Crippen molar-refractivity contribution >= 4 is 33.6 Å². The highest BCUT2D eigenvalue weighted by Crippen LogP contribution is 2.27. The van der Waals surface area contributed by atoms with E-state index in [1.807, 2.05) is 38.1 Å². The molecule has 0 saturated heterocycles. The van der Waals surface area contributed by atoms with Crippen LogP contribution in [0.4, 0.5) is 5.69 Å². The fourth-order valence-electron chi connectivity index (χ4n) is 3.51. The van der Waals surface area contributed by atoms with Crippen LogP contribution in [-0.2, 0) is 10.2 Å². The SMILES string of the molecule is Cc1cc(/C=C(/C#N)C(=O)Nc2cccc(Br)c2)c(C)n1-c1ccc(C(C)(C)C)cc1. The first-order valence-electron chi connectivity index (χ1n) is 10.1. The average molecular weight is 476 g/mol. The topological polar surface area (TPSA) is 57.8 Å². The Morgan fingerprint density at radius 1 is 1.10 bits per heavy atom. The molecule has 3 rings (SSSR count). The van der Waals surface area contributed by atoms with Crippen molar-refractivity contribution in [2.45, 2.75) is 40.0 Å². The summed E-state index contributed by atoms with van der Waals surface area (Å²) in [5, 5.41) is 12.4. The molecule has 158 valence electrons. The van der Waals surface area contributed by atoms with Gasteiger partial charge in [0.1, 0.15) is 11.6 Å². The van der Waals surface area contributed by atoms with E-state index in [-0.39, 0.29) is 11.0 Å². The van der Waals surface area contributed by atoms with Crippen LogP contribution in [0.5, 0.6) is 0 Å². The minimum atomic E-state index is -0.431. The van der Waals surface area contributed by atoms with E-state index in [9.17, 15) is 10.1 Å². The van der Waals surface area contributed by atoms with Crippen molar-refractivity contribution in [3.8, 4) is 11.8 Å². The summed E-state index contributed by atoms with van der Waals surface area (Å²) in [6.45, 7) is 10.6. The molecular weight excluding hydrogens is 450 g/mol. The van der Waals surface area contributed by atoms with E-state index in [0.29, 0.717) is 5.69 Å². The molecule has 1 heterocycles. The van der Waals surface area contributed by atoms with Crippen molar-refractivity contribution < 1.29 is 4.79 Å². The number of aromatic nitrogens is 1. The lowest BCUT2D eigenvalue weighted by Gasteiger charge is -2.20. The number of carbonyl (C=O) groups excluding carboxylic acids is 1. The van der Waals surface area contributed by atoms with Crippen molar-refractivity contribution in [1.82, 2.24) is 4.57 Å². The van der Waals surface area contributed by atoms with Gasteiger partial charge in [-0.25, -0.2) is 0 Å². The van der Waals surface area contributed by atoms with Gasteiger partial charge in [0.05, 0.1) is 0 Å². The molecule has 2 aromatic carbocycles. The van der Waals surface area contributed by atoms with Gasteiger partial charge in [-0.05, 0) is 72.9 Å². The molecule has 31 heavy (non-hydrogen) atoms. The molecule has 0 radical (unpaired) electrons. The number of carbonyl (C=O) groups is 1. The monoisotopic (exact) mass is 475 g/mol. The minimum absolute atomic E-state index is 0.0586. The van der Waals surface area contributed by atoms with E-state index in [2.05, 4.69) is 70.9 Å². The number of nitrogens with zero attached hydrogens (tertiary/aromatic N) is 2. The lowest BCUT2D eigenvalue weighted by Crippen LogP contribution is -2.13. The van der Waals surface area contributed by atoms with E-state index in [4.69, 9.17) is 0 Å². The van der Waals surface area contributed by atoms with E-state index < -0.39 is 5.91 Å². The minimum Gasteiger partial charge on any atom is -0.321 e. The normalized spacial score (nSPS) is 11.8. The van der Waals surface area contributed by atoms with Crippen molar-refractivity contribution in [2.75, 3.05) is 5.32 Å². The molecule has 0 aliphatic heterocycles. The Labute approximate surface area is 192 Å². The maximum atomic E-state index is 12.6. The largest absolute Gasteiger partial charge is 0.321 e. The predicted molar refractivity (Wildman–Crippen MR) is 130 cm³/mol. The van der Waals surface area contributed by atoms with E-state index in [0.717, 1.165) is 27.1 Å². The molecule has 5 heteroatoms. The molecule has 0 unspecified atom stereocenters. The third-order valence-corrected chi connectivity index (χ3v) is 5.70. The Balaban J connectivity index is 1.92. The van der Waals surface area contributed by atoms with Crippen molar-refractivity contribution in [3.05, 3.63) is 87.2 Å². The van der Waals surface area contributed by atoms with Crippen LogP contribution < -0.4 is 5.32 Å². The van der Waals surface area contributed by atoms with Crippen LogP contribution in [0.2, 0.25) is 0 Å². The molecule has 1 amide bonds. The molecule has 0 aliphatic carbocycles. The first-order valence-corrected chi connectivity index (χ1v) is 10.9. The van der Waals surface area contributed by atoms with Gasteiger partial charge in [-0.2, -0.15) is 5.26 Å². The van der Waals surface area contributed by atoms with Crippen LogP contribution in [0, 0.1) is 25.2 Å². The molecule has 0 aliphatic rings. The number of anilines is 1. The fraction of sp³-hybridized carbons (Fsp3) is 0.231. The predicted octanol–water partition coefficient (Wildman–Crippen LogP) is 6.70. The highest BCUT2D eigenvalue weighted by Gasteiger charge is 2.16. The Morgan fingerprint density at radius 3 is 2.35 bits per heavy atom. The fourth-order valence-corrected chi connectivity index (χ4v) is 3.91. The number of hydrogen-bond donors (Lipinski definition) is 1. The summed E-state index contributed by atoms with van der Waals surface area (Å²) in [6.07, 6.45) is 1.65. The Bertz CT molecular complexity index is 1190. The zero-order valence-corrected chi connectivity index (χ0v) is 20.0. The molecule has 1 aromatic heterocycles. The van der Waals surface area contributed by atoms with Gasteiger partial charge < -0.3 is 9.88 Å². The Kier molecular flexibility index (Phi) is 6.52. The van der Waals surface area contributed by atoms with Gasteiger partial charge in [-0.3, -0.25) is 4.79 Å². The smallest absolute Gasteiger partial charge is 0.266 e. The molecule has 1 N–H and O–H groups in total. The van der Waals surface area contributed by atoms with Gasteiger partial charge in [0, 0.05) is 27.2 Å². The van der Waals surface area contributed by atoms with Crippen molar-refractivity contribution in [3.63, 3.8) is 0 Å². The molecule has 0 bridgehead atoms. The van der Waals surface area contributed by atoms with Gasteiger partial charge in [-0.15, -0.1) is 0 Å². The zero-order chi connectivity index (χ0) is 22.8. The standard InChI is InChI=1S/C26H26BrN3O/c1-17-13-19(14-20(16-28)25(31)29-23-8-6-7-22(27)15-23)18(2)30(17)24-11-9-21(10-12-24)26(3,4)5/h6-15H,1-5H3,(H,29,31)/b20-14-. The van der Waals surface area contributed by atoms with Gasteiger partial charge in [0.15, 0.2) is 0 Å². The van der Waals surface area contributed by atoms with Gasteiger partial charge >= 0.3 is 0 Å². The number of benzene rings is 2. The molecule has 4 nitrogen and oxygen atoms in total. The maximum absolute atomic E-state index is 12.6. The van der Waals surface area contributed by atoms with Gasteiger partial charge in [0.2, 0.25) is 0 Å². The molecule has 0 saturated carbocycles. The maximum Gasteiger partial charge on any atom is 0.266 e. The second kappa shape index (κ2) is 8.95. The number of hydrogen-bond acceptors (Lipinski definition) is 2. The van der Waals surface area contributed by atoms with Crippen LogP contribution in [0.3, 0.4) is 0 Å². The van der Waals surface area contributed by atoms with Gasteiger partial charge in [-0.1, -0.05) is 54.9 Å². The molecule has 0 spiro atoms. The lowest BCUT2D eigenvalue weighted by atomic mass is 9.87. The van der Waals surface area contributed by atoms with Crippen LogP contribution in [0.25, 0.3) is 11.8 Å². The second-order valence-electron chi connectivity index (χ2n) is 8.59. The third-order valence-electron chi connectivity index (χ3n) is 5.21. The summed E-state index contributed by atoms with van der Waals surface area (Å²) in [5.41, 5.74) is 5.97. The van der Waals surface area contributed by atoms with Gasteiger partial charge in [0.25, 0.3) is 5.91 Å². The van der Waals surface area contributed by atoms with Crippen LogP contribution in [0.1, 0.15) is 43.3 Å². The first-order chi connectivity index (χ1) is 14.6. The summed E-state index contributed by atoms with van der Waals surface area (Å²) >= 11 is 3.38. The average Bonchev–Trinajstić information content (AvgIpc) is 2.98. The van der Waals surface area contributed by atoms with E-state index in [1.165, 1.54) is 5.56 Å². The number of halogens is 1. The highest BCUT2D eigenvalue weighted by molar-refractivity contribution is 9.10. The van der Waals surface area contributed by atoms with Crippen molar-refractivity contribution in [1.29, 1.82) is 5.26 Å². The molecular formula is C26H26BrN3O. The van der Waals surface area contributed by atoms with E-state index in [1.54, 1.807) is 18.2 Å². The number of rotatable bonds is 4.